The molecule has 9 heteroatoms. The van der Waals surface area contributed by atoms with E-state index in [0.29, 0.717) is 30.9 Å². The van der Waals surface area contributed by atoms with Crippen LogP contribution < -0.4 is 10.6 Å². The molecule has 0 saturated carbocycles. The molecule has 0 radical (unpaired) electrons. The first-order valence-corrected chi connectivity index (χ1v) is 10.8. The molecular weight excluding hydrogens is 382 g/mol. The zero-order chi connectivity index (χ0) is 21.2. The average molecular weight is 416 g/mol. The molecule has 2 aromatic rings. The lowest BCUT2D eigenvalue weighted by Gasteiger charge is -2.32. The third-order valence-corrected chi connectivity index (χ3v) is 5.02. The van der Waals surface area contributed by atoms with E-state index in [1.165, 1.54) is 0 Å². The van der Waals surface area contributed by atoms with Crippen LogP contribution in [0.2, 0.25) is 0 Å². The second kappa shape index (κ2) is 11.6. The predicted octanol–water partition coefficient (Wildman–Crippen LogP) is 2.28. The molecule has 3 heterocycles. The number of nitrogens with one attached hydrogen (secondary N) is 2. The Morgan fingerprint density at radius 2 is 2.17 bits per heavy atom. The molecule has 30 heavy (non-hydrogen) atoms. The van der Waals surface area contributed by atoms with Crippen molar-refractivity contribution in [3.8, 4) is 0 Å². The molecule has 1 saturated heterocycles. The van der Waals surface area contributed by atoms with Crippen molar-refractivity contribution in [2.75, 3.05) is 26.2 Å². The summed E-state index contributed by atoms with van der Waals surface area (Å²) in [6.45, 7) is 10.6. The van der Waals surface area contributed by atoms with Gasteiger partial charge in [0.2, 0.25) is 5.89 Å². The van der Waals surface area contributed by atoms with Gasteiger partial charge in [0.05, 0.1) is 5.69 Å². The van der Waals surface area contributed by atoms with Crippen molar-refractivity contribution in [1.29, 1.82) is 0 Å². The summed E-state index contributed by atoms with van der Waals surface area (Å²) in [7, 11) is 0. The van der Waals surface area contributed by atoms with E-state index in [-0.39, 0.29) is 6.10 Å². The van der Waals surface area contributed by atoms with Crippen LogP contribution in [-0.2, 0) is 17.8 Å². The Morgan fingerprint density at radius 3 is 2.87 bits per heavy atom. The van der Waals surface area contributed by atoms with Gasteiger partial charge in [0.25, 0.3) is 0 Å². The highest BCUT2D eigenvalue weighted by Gasteiger charge is 2.20. The molecule has 2 N–H and O–H groups in total. The Bertz CT molecular complexity index is 773. The highest BCUT2D eigenvalue weighted by Crippen LogP contribution is 2.14. The number of likely N-dealkylation sites (tertiary alicyclic amines) is 1. The third-order valence-electron chi connectivity index (χ3n) is 5.02. The summed E-state index contributed by atoms with van der Waals surface area (Å²) >= 11 is 0. The second-order valence-electron chi connectivity index (χ2n) is 7.35. The first-order valence-electron chi connectivity index (χ1n) is 10.8. The zero-order valence-electron chi connectivity index (χ0n) is 18.2. The maximum Gasteiger partial charge on any atom is 0.248 e. The predicted molar refractivity (Wildman–Crippen MR) is 115 cm³/mol. The van der Waals surface area contributed by atoms with Gasteiger partial charge in [-0.1, -0.05) is 11.2 Å². The van der Waals surface area contributed by atoms with Crippen LogP contribution in [0.5, 0.6) is 0 Å². The van der Waals surface area contributed by atoms with E-state index in [0.717, 1.165) is 50.7 Å². The maximum atomic E-state index is 5.50. The molecular formula is C21H33N7O2. The van der Waals surface area contributed by atoms with E-state index in [2.05, 4.69) is 48.6 Å². The molecule has 1 aliphatic heterocycles. The van der Waals surface area contributed by atoms with Crippen LogP contribution in [0.4, 0.5) is 0 Å². The highest BCUT2D eigenvalue weighted by atomic mass is 16.5. The van der Waals surface area contributed by atoms with Gasteiger partial charge in [-0.2, -0.15) is 4.98 Å². The Kier molecular flexibility index (Phi) is 8.58. The van der Waals surface area contributed by atoms with E-state index < -0.39 is 0 Å². The summed E-state index contributed by atoms with van der Waals surface area (Å²) in [6.07, 6.45) is 3.80. The van der Waals surface area contributed by atoms with Gasteiger partial charge in [-0.05, 0) is 45.7 Å². The number of aromatic nitrogens is 3. The molecule has 0 spiro atoms. The normalized spacial score (nSPS) is 17.1. The van der Waals surface area contributed by atoms with Crippen molar-refractivity contribution in [3.05, 3.63) is 41.8 Å². The molecule has 0 bridgehead atoms. The van der Waals surface area contributed by atoms with Gasteiger partial charge in [-0.15, -0.1) is 0 Å². The molecule has 0 aliphatic carbocycles. The Labute approximate surface area is 178 Å². The number of pyridine rings is 1. The number of hydrogen-bond acceptors (Lipinski definition) is 7. The van der Waals surface area contributed by atoms with Gasteiger partial charge in [0, 0.05) is 45.0 Å². The Hall–Kier alpha value is -2.52. The van der Waals surface area contributed by atoms with E-state index in [9.17, 15) is 0 Å². The minimum Gasteiger partial charge on any atom is -0.371 e. The van der Waals surface area contributed by atoms with Crippen LogP contribution >= 0.6 is 0 Å². The molecule has 0 amide bonds. The fourth-order valence-electron chi connectivity index (χ4n) is 3.44. The lowest BCUT2D eigenvalue weighted by atomic mass is 10.0. The van der Waals surface area contributed by atoms with Crippen molar-refractivity contribution in [2.24, 2.45) is 4.99 Å². The molecule has 2 aromatic heterocycles. The van der Waals surface area contributed by atoms with Crippen LogP contribution in [0.1, 0.15) is 57.1 Å². The monoisotopic (exact) mass is 415 g/mol. The summed E-state index contributed by atoms with van der Waals surface area (Å²) in [5.41, 5.74) is 1.12. The van der Waals surface area contributed by atoms with Gasteiger partial charge in [-0.3, -0.25) is 9.88 Å². The average Bonchev–Trinajstić information content (AvgIpc) is 3.24. The summed E-state index contributed by atoms with van der Waals surface area (Å²) in [5.74, 6) is 1.82. The molecule has 0 aromatic carbocycles. The number of ether oxygens (including phenoxy) is 1. The van der Waals surface area contributed by atoms with Crippen LogP contribution in [0.15, 0.2) is 33.9 Å². The van der Waals surface area contributed by atoms with Crippen LogP contribution in [0.3, 0.4) is 0 Å². The number of aliphatic imine (C=N–C) groups is 1. The fourth-order valence-corrected chi connectivity index (χ4v) is 3.44. The van der Waals surface area contributed by atoms with Gasteiger partial charge in [0.15, 0.2) is 11.8 Å². The van der Waals surface area contributed by atoms with E-state index in [4.69, 9.17) is 9.26 Å². The smallest absolute Gasteiger partial charge is 0.248 e. The number of hydrogen-bond donors (Lipinski definition) is 2. The molecule has 164 valence electrons. The maximum absolute atomic E-state index is 5.50. The van der Waals surface area contributed by atoms with Crippen molar-refractivity contribution in [1.82, 2.24) is 30.7 Å². The van der Waals surface area contributed by atoms with Gasteiger partial charge < -0.3 is 19.9 Å². The second-order valence-corrected chi connectivity index (χ2v) is 7.35. The van der Waals surface area contributed by atoms with Crippen LogP contribution in [0, 0.1) is 0 Å². The number of rotatable bonds is 9. The number of piperidine rings is 1. The standard InChI is InChI=1S/C21H33N7O2/c1-4-22-21(24-14-19-26-20(27-30-19)16(3)29-5-2)25-17-9-12-28(13-10-17)15-18-8-6-7-11-23-18/h6-8,11,16-17H,4-5,9-10,12-15H2,1-3H3,(H2,22,24,25). The van der Waals surface area contributed by atoms with E-state index in [1.807, 2.05) is 32.2 Å². The van der Waals surface area contributed by atoms with Crippen LogP contribution in [0.25, 0.3) is 0 Å². The SMILES string of the molecule is CCNC(=NCc1nc(C(C)OCC)no1)NC1CCN(Cc2ccccn2)CC1. The summed E-state index contributed by atoms with van der Waals surface area (Å²) in [6, 6.07) is 6.47. The number of guanidine groups is 1. The van der Waals surface area contributed by atoms with Crippen molar-refractivity contribution in [2.45, 2.75) is 58.8 Å². The molecule has 1 fully saturated rings. The fraction of sp³-hybridized carbons (Fsp3) is 0.619. The Balaban J connectivity index is 1.48. The molecule has 1 unspecified atom stereocenters. The minimum atomic E-state index is -0.181. The largest absolute Gasteiger partial charge is 0.371 e. The Morgan fingerprint density at radius 1 is 1.33 bits per heavy atom. The highest BCUT2D eigenvalue weighted by molar-refractivity contribution is 5.80. The molecule has 1 aliphatic rings. The summed E-state index contributed by atoms with van der Waals surface area (Å²) in [4.78, 5) is 15.9. The first kappa shape index (κ1) is 22.2. The van der Waals surface area contributed by atoms with E-state index in [1.54, 1.807) is 0 Å². The molecule has 9 nitrogen and oxygen atoms in total. The molecule has 1 atom stereocenters. The van der Waals surface area contributed by atoms with Crippen molar-refractivity contribution in [3.63, 3.8) is 0 Å². The minimum absolute atomic E-state index is 0.181. The lowest BCUT2D eigenvalue weighted by Crippen LogP contribution is -2.48. The lowest BCUT2D eigenvalue weighted by molar-refractivity contribution is 0.0683. The summed E-state index contributed by atoms with van der Waals surface area (Å²) in [5, 5.41) is 10.8. The van der Waals surface area contributed by atoms with Gasteiger partial charge in [0.1, 0.15) is 12.6 Å². The quantitative estimate of drug-likeness (QED) is 0.475. The first-order chi connectivity index (χ1) is 14.7. The van der Waals surface area contributed by atoms with Crippen molar-refractivity contribution >= 4 is 5.96 Å². The third kappa shape index (κ3) is 6.77. The van der Waals surface area contributed by atoms with Gasteiger partial charge >= 0.3 is 0 Å². The van der Waals surface area contributed by atoms with Crippen molar-refractivity contribution < 1.29 is 9.26 Å². The topological polar surface area (TPSA) is 101 Å². The van der Waals surface area contributed by atoms with Crippen LogP contribution in [-0.4, -0.2) is 58.3 Å². The number of nitrogens with zero attached hydrogens (tertiary/aromatic N) is 5. The van der Waals surface area contributed by atoms with E-state index >= 15 is 0 Å². The molecule has 3 rings (SSSR count). The summed E-state index contributed by atoms with van der Waals surface area (Å²) < 4.78 is 10.8. The zero-order valence-corrected chi connectivity index (χ0v) is 18.2. The van der Waals surface area contributed by atoms with Gasteiger partial charge in [-0.25, -0.2) is 4.99 Å².